The Balaban J connectivity index is 1.46. The third-order valence-corrected chi connectivity index (χ3v) is 6.42. The maximum Gasteiger partial charge on any atom is 0.234 e. The first kappa shape index (κ1) is 21.4. The molecule has 2 aromatic carbocycles. The molecule has 0 unspecified atom stereocenters. The monoisotopic (exact) mass is 410 g/mol. The maximum atomic E-state index is 12.4. The molecule has 0 atom stereocenters. The molecule has 0 heterocycles. The van der Waals surface area contributed by atoms with Crippen LogP contribution in [0.3, 0.4) is 0 Å². The zero-order valence-electron chi connectivity index (χ0n) is 17.1. The van der Waals surface area contributed by atoms with Gasteiger partial charge in [0.15, 0.2) is 0 Å². The van der Waals surface area contributed by atoms with E-state index >= 15 is 0 Å². The summed E-state index contributed by atoms with van der Waals surface area (Å²) in [5.41, 5.74) is 3.14. The van der Waals surface area contributed by atoms with Crippen molar-refractivity contribution in [1.82, 2.24) is 4.90 Å². The van der Waals surface area contributed by atoms with E-state index in [1.165, 1.54) is 36.6 Å². The van der Waals surface area contributed by atoms with E-state index in [0.29, 0.717) is 11.8 Å². The molecule has 1 aliphatic carbocycles. The minimum absolute atomic E-state index is 0.0661. The number of carbonyl (C=O) groups excluding carboxylic acids is 2. The van der Waals surface area contributed by atoms with Crippen molar-refractivity contribution < 1.29 is 9.59 Å². The lowest BCUT2D eigenvalue weighted by atomic mass is 9.94. The number of nitrogens with zero attached hydrogens (tertiary/aromatic N) is 1. The van der Waals surface area contributed by atoms with Crippen molar-refractivity contribution in [1.29, 1.82) is 0 Å². The molecule has 0 saturated heterocycles. The van der Waals surface area contributed by atoms with Crippen molar-refractivity contribution in [2.24, 2.45) is 0 Å². The minimum Gasteiger partial charge on any atom is -0.342 e. The summed E-state index contributed by atoms with van der Waals surface area (Å²) in [5.74, 6) is 0.693. The van der Waals surface area contributed by atoms with Crippen molar-refractivity contribution in [3.8, 4) is 0 Å². The molecular formula is C24H30N2O2S. The minimum atomic E-state index is -0.0661. The van der Waals surface area contributed by atoms with Gasteiger partial charge in [0.1, 0.15) is 0 Å². The maximum absolute atomic E-state index is 12.4. The second-order valence-electron chi connectivity index (χ2n) is 7.66. The number of amides is 2. The van der Waals surface area contributed by atoms with Gasteiger partial charge in [0.25, 0.3) is 0 Å². The van der Waals surface area contributed by atoms with Crippen molar-refractivity contribution in [2.45, 2.75) is 44.6 Å². The average Bonchev–Trinajstić information content (AvgIpc) is 2.76. The number of thioether (sulfide) groups is 1. The summed E-state index contributed by atoms with van der Waals surface area (Å²) in [6, 6.07) is 18.5. The normalized spacial score (nSPS) is 14.4. The fourth-order valence-corrected chi connectivity index (χ4v) is 4.54. The Morgan fingerprint density at radius 1 is 0.966 bits per heavy atom. The number of nitrogens with one attached hydrogen (secondary N) is 1. The molecule has 0 spiro atoms. The van der Waals surface area contributed by atoms with E-state index in [1.807, 2.05) is 54.4 Å². The summed E-state index contributed by atoms with van der Waals surface area (Å²) in [4.78, 5) is 26.7. The third-order valence-electron chi connectivity index (χ3n) is 5.50. The lowest BCUT2D eigenvalue weighted by Crippen LogP contribution is -2.39. The zero-order valence-corrected chi connectivity index (χ0v) is 17.9. The number of benzene rings is 2. The summed E-state index contributed by atoms with van der Waals surface area (Å²) in [6.07, 6.45) is 6.67. The molecule has 1 N–H and O–H groups in total. The van der Waals surface area contributed by atoms with Crippen molar-refractivity contribution in [3.63, 3.8) is 0 Å². The lowest BCUT2D eigenvalue weighted by molar-refractivity contribution is -0.129. The smallest absolute Gasteiger partial charge is 0.234 e. The Hall–Kier alpha value is -2.27. The fourth-order valence-electron chi connectivity index (χ4n) is 3.80. The van der Waals surface area contributed by atoms with E-state index in [4.69, 9.17) is 0 Å². The molecule has 1 fully saturated rings. The van der Waals surface area contributed by atoms with Crippen LogP contribution in [-0.2, 0) is 16.0 Å². The highest BCUT2D eigenvalue weighted by Crippen LogP contribution is 2.22. The molecule has 0 radical (unpaired) electrons. The zero-order chi connectivity index (χ0) is 20.5. The summed E-state index contributed by atoms with van der Waals surface area (Å²) in [7, 11) is 1.90. The highest BCUT2D eigenvalue weighted by Gasteiger charge is 2.22. The number of hydrogen-bond donors (Lipinski definition) is 1. The Kier molecular flexibility index (Phi) is 8.17. The van der Waals surface area contributed by atoms with Crippen LogP contribution in [0.4, 0.5) is 5.69 Å². The van der Waals surface area contributed by atoms with Gasteiger partial charge in [-0.15, -0.1) is 11.8 Å². The molecule has 0 aromatic heterocycles. The van der Waals surface area contributed by atoms with Crippen LogP contribution in [0, 0.1) is 0 Å². The van der Waals surface area contributed by atoms with Crippen molar-refractivity contribution in [3.05, 3.63) is 65.7 Å². The van der Waals surface area contributed by atoms with Gasteiger partial charge in [-0.25, -0.2) is 0 Å². The van der Waals surface area contributed by atoms with E-state index in [9.17, 15) is 9.59 Å². The van der Waals surface area contributed by atoms with Crippen molar-refractivity contribution in [2.75, 3.05) is 23.9 Å². The van der Waals surface area contributed by atoms with Gasteiger partial charge in [-0.1, -0.05) is 67.8 Å². The van der Waals surface area contributed by atoms with E-state index in [1.54, 1.807) is 0 Å². The molecule has 29 heavy (non-hydrogen) atoms. The molecule has 154 valence electrons. The average molecular weight is 411 g/mol. The van der Waals surface area contributed by atoms with Crippen molar-refractivity contribution >= 4 is 29.3 Å². The molecule has 1 aliphatic rings. The van der Waals surface area contributed by atoms with Gasteiger partial charge in [0.05, 0.1) is 11.5 Å². The first-order chi connectivity index (χ1) is 14.1. The van der Waals surface area contributed by atoms with E-state index in [0.717, 1.165) is 30.5 Å². The van der Waals surface area contributed by atoms with Crippen LogP contribution in [0.15, 0.2) is 54.6 Å². The molecule has 2 aromatic rings. The van der Waals surface area contributed by atoms with Gasteiger partial charge in [-0.3, -0.25) is 9.59 Å². The van der Waals surface area contributed by atoms with Gasteiger partial charge >= 0.3 is 0 Å². The number of para-hydroxylation sites is 1. The Morgan fingerprint density at radius 2 is 1.66 bits per heavy atom. The second kappa shape index (κ2) is 11.1. The van der Waals surface area contributed by atoms with Crippen LogP contribution >= 0.6 is 11.8 Å². The van der Waals surface area contributed by atoms with Crippen LogP contribution in [0.1, 0.15) is 43.2 Å². The summed E-state index contributed by atoms with van der Waals surface area (Å²) in [5, 5.41) is 3.01. The van der Waals surface area contributed by atoms with Gasteiger partial charge in [-0.2, -0.15) is 0 Å². The molecule has 1 saturated carbocycles. The van der Waals surface area contributed by atoms with Crippen LogP contribution in [0.25, 0.3) is 0 Å². The highest BCUT2D eigenvalue weighted by molar-refractivity contribution is 8.00. The second-order valence-corrected chi connectivity index (χ2v) is 8.64. The highest BCUT2D eigenvalue weighted by atomic mass is 32.2. The molecular weight excluding hydrogens is 380 g/mol. The summed E-state index contributed by atoms with van der Waals surface area (Å²) < 4.78 is 0. The van der Waals surface area contributed by atoms with Gasteiger partial charge < -0.3 is 10.2 Å². The number of anilines is 1. The summed E-state index contributed by atoms with van der Waals surface area (Å²) in [6.45, 7) is 0. The van der Waals surface area contributed by atoms with Crippen LogP contribution < -0.4 is 5.32 Å². The molecule has 5 heteroatoms. The molecule has 3 rings (SSSR count). The Morgan fingerprint density at radius 3 is 2.41 bits per heavy atom. The summed E-state index contributed by atoms with van der Waals surface area (Å²) >= 11 is 1.39. The standard InChI is InChI=1S/C24H30N2O2S/c1-26(21-13-6-3-7-14-21)24(28)18-29-17-23(27)25-22-15-9-8-12-20(22)16-19-10-4-2-5-11-19/h2,4-5,8-12,15,21H,3,6-7,13-14,16-18H2,1H3,(H,25,27). The third kappa shape index (κ3) is 6.64. The topological polar surface area (TPSA) is 49.4 Å². The largest absolute Gasteiger partial charge is 0.342 e. The number of carbonyl (C=O) groups is 2. The quantitative estimate of drug-likeness (QED) is 0.684. The SMILES string of the molecule is CN(C(=O)CSCC(=O)Nc1ccccc1Cc1ccccc1)C1CCCCC1. The molecule has 0 aliphatic heterocycles. The van der Waals surface area contributed by atoms with Crippen LogP contribution in [0.5, 0.6) is 0 Å². The molecule has 2 amide bonds. The predicted octanol–water partition coefficient (Wildman–Crippen LogP) is 4.74. The van der Waals surface area contributed by atoms with Gasteiger partial charge in [0, 0.05) is 18.8 Å². The van der Waals surface area contributed by atoms with Gasteiger partial charge in [0.2, 0.25) is 11.8 Å². The molecule has 0 bridgehead atoms. The fraction of sp³-hybridized carbons (Fsp3) is 0.417. The van der Waals surface area contributed by atoms with Crippen LogP contribution in [0.2, 0.25) is 0 Å². The van der Waals surface area contributed by atoms with E-state index in [-0.39, 0.29) is 17.6 Å². The van der Waals surface area contributed by atoms with Gasteiger partial charge in [-0.05, 0) is 36.5 Å². The van der Waals surface area contributed by atoms with E-state index < -0.39 is 0 Å². The Labute approximate surface area is 178 Å². The number of hydrogen-bond acceptors (Lipinski definition) is 3. The first-order valence-corrected chi connectivity index (χ1v) is 11.5. The van der Waals surface area contributed by atoms with E-state index in [2.05, 4.69) is 17.4 Å². The predicted molar refractivity (Wildman–Crippen MR) is 121 cm³/mol. The Bertz CT molecular complexity index is 804. The number of rotatable bonds is 8. The van der Waals surface area contributed by atoms with Crippen LogP contribution in [-0.4, -0.2) is 41.3 Å². The first-order valence-electron chi connectivity index (χ1n) is 10.4. The molecule has 4 nitrogen and oxygen atoms in total. The lowest BCUT2D eigenvalue weighted by Gasteiger charge is -2.31.